The number of carbonyl (C=O) groups is 2. The highest BCUT2D eigenvalue weighted by molar-refractivity contribution is 7.14. The van der Waals surface area contributed by atoms with Crippen molar-refractivity contribution in [2.24, 2.45) is 0 Å². The second-order valence-corrected chi connectivity index (χ2v) is 5.39. The summed E-state index contributed by atoms with van der Waals surface area (Å²) < 4.78 is 0. The number of hydrogen-bond acceptors (Lipinski definition) is 5. The van der Waals surface area contributed by atoms with E-state index in [1.165, 1.54) is 18.3 Å². The van der Waals surface area contributed by atoms with E-state index in [1.807, 2.05) is 29.6 Å². The summed E-state index contributed by atoms with van der Waals surface area (Å²) in [5, 5.41) is 16.1. The van der Waals surface area contributed by atoms with Crippen LogP contribution in [0.3, 0.4) is 0 Å². The van der Waals surface area contributed by atoms with Crippen LogP contribution in [0.2, 0.25) is 0 Å². The van der Waals surface area contributed by atoms with Gasteiger partial charge in [-0.15, -0.1) is 11.3 Å². The Morgan fingerprint density at radius 3 is 2.68 bits per heavy atom. The molecule has 2 N–H and O–H groups in total. The van der Waals surface area contributed by atoms with E-state index in [2.05, 4.69) is 15.6 Å². The summed E-state index contributed by atoms with van der Waals surface area (Å²) in [6.07, 6.45) is -0.188. The number of anilines is 1. The van der Waals surface area contributed by atoms with Crippen molar-refractivity contribution in [3.8, 4) is 17.3 Å². The molecule has 0 unspecified atom stereocenters. The fourth-order valence-electron chi connectivity index (χ4n) is 1.72. The zero-order valence-corrected chi connectivity index (χ0v) is 12.7. The normalized spacial score (nSPS) is 9.82. The molecule has 2 amide bonds. The molecule has 0 aliphatic carbocycles. The van der Waals surface area contributed by atoms with Crippen molar-refractivity contribution in [1.82, 2.24) is 10.3 Å². The first-order chi connectivity index (χ1) is 10.6. The molecule has 0 saturated heterocycles. The summed E-state index contributed by atoms with van der Waals surface area (Å²) in [6.45, 7) is 1.97. The SMILES string of the molecule is CC(=O)NCc1ccc(-c2csc(NC(=O)CC#N)n2)cc1. The number of nitriles is 1. The van der Waals surface area contributed by atoms with Gasteiger partial charge in [0.1, 0.15) is 6.42 Å². The van der Waals surface area contributed by atoms with Crippen molar-refractivity contribution < 1.29 is 9.59 Å². The van der Waals surface area contributed by atoms with E-state index in [0.29, 0.717) is 11.7 Å². The number of benzene rings is 1. The summed E-state index contributed by atoms with van der Waals surface area (Å²) in [6, 6.07) is 9.44. The summed E-state index contributed by atoms with van der Waals surface area (Å²) in [5.41, 5.74) is 2.67. The van der Waals surface area contributed by atoms with Gasteiger partial charge in [-0.1, -0.05) is 24.3 Å². The Balaban J connectivity index is 2.03. The second-order valence-electron chi connectivity index (χ2n) is 4.53. The van der Waals surface area contributed by atoms with Gasteiger partial charge in [-0.25, -0.2) is 4.98 Å². The molecular formula is C15H14N4O2S. The van der Waals surface area contributed by atoms with E-state index in [1.54, 1.807) is 6.07 Å². The molecule has 112 valence electrons. The van der Waals surface area contributed by atoms with Gasteiger partial charge < -0.3 is 10.6 Å². The molecule has 0 aliphatic heterocycles. The predicted molar refractivity (Wildman–Crippen MR) is 83.9 cm³/mol. The van der Waals surface area contributed by atoms with E-state index >= 15 is 0 Å². The third kappa shape index (κ3) is 4.40. The van der Waals surface area contributed by atoms with Crippen LogP contribution in [-0.2, 0) is 16.1 Å². The van der Waals surface area contributed by atoms with Gasteiger partial charge in [-0.3, -0.25) is 9.59 Å². The molecule has 2 rings (SSSR count). The molecule has 0 spiro atoms. The number of aromatic nitrogens is 1. The molecule has 22 heavy (non-hydrogen) atoms. The van der Waals surface area contributed by atoms with Gasteiger partial charge in [0.25, 0.3) is 0 Å². The topological polar surface area (TPSA) is 94.9 Å². The molecular weight excluding hydrogens is 300 g/mol. The lowest BCUT2D eigenvalue weighted by molar-refractivity contribution is -0.119. The van der Waals surface area contributed by atoms with Crippen LogP contribution in [0, 0.1) is 11.3 Å². The molecule has 1 aromatic carbocycles. The molecule has 0 aliphatic rings. The van der Waals surface area contributed by atoms with Gasteiger partial charge in [-0.05, 0) is 5.56 Å². The van der Waals surface area contributed by atoms with E-state index in [0.717, 1.165) is 16.8 Å². The standard InChI is InChI=1S/C15H14N4O2S/c1-10(20)17-8-11-2-4-12(5-3-11)13-9-22-15(18-13)19-14(21)6-7-16/h2-5,9H,6,8H2,1H3,(H,17,20)(H,18,19,21). The maximum absolute atomic E-state index is 11.3. The quantitative estimate of drug-likeness (QED) is 0.885. The Labute approximate surface area is 131 Å². The van der Waals surface area contributed by atoms with Gasteiger partial charge in [0.2, 0.25) is 11.8 Å². The van der Waals surface area contributed by atoms with E-state index in [-0.39, 0.29) is 18.2 Å². The number of nitrogens with zero attached hydrogens (tertiary/aromatic N) is 2. The van der Waals surface area contributed by atoms with Crippen molar-refractivity contribution in [3.05, 3.63) is 35.2 Å². The van der Waals surface area contributed by atoms with Gasteiger partial charge >= 0.3 is 0 Å². The lowest BCUT2D eigenvalue weighted by Crippen LogP contribution is -2.18. The van der Waals surface area contributed by atoms with E-state index in [4.69, 9.17) is 5.26 Å². The summed E-state index contributed by atoms with van der Waals surface area (Å²) in [4.78, 5) is 26.5. The smallest absolute Gasteiger partial charge is 0.240 e. The Kier molecular flexibility index (Phi) is 5.22. The average molecular weight is 314 g/mol. The molecule has 0 saturated carbocycles. The van der Waals surface area contributed by atoms with Gasteiger partial charge in [0.05, 0.1) is 11.8 Å². The molecule has 0 fully saturated rings. The summed E-state index contributed by atoms with van der Waals surface area (Å²) in [7, 11) is 0. The van der Waals surface area contributed by atoms with Crippen LogP contribution in [-0.4, -0.2) is 16.8 Å². The number of nitrogens with one attached hydrogen (secondary N) is 2. The van der Waals surface area contributed by atoms with Crippen LogP contribution in [0.1, 0.15) is 18.9 Å². The molecule has 2 aromatic rings. The molecule has 0 atom stereocenters. The van der Waals surface area contributed by atoms with Crippen molar-refractivity contribution in [2.45, 2.75) is 19.9 Å². The third-order valence-corrected chi connectivity index (χ3v) is 3.54. The first kappa shape index (κ1) is 15.7. The fraction of sp³-hybridized carbons (Fsp3) is 0.200. The average Bonchev–Trinajstić information content (AvgIpc) is 2.94. The van der Waals surface area contributed by atoms with Crippen LogP contribution in [0.15, 0.2) is 29.6 Å². The van der Waals surface area contributed by atoms with Crippen LogP contribution < -0.4 is 10.6 Å². The highest BCUT2D eigenvalue weighted by Crippen LogP contribution is 2.25. The number of thiazole rings is 1. The summed E-state index contributed by atoms with van der Waals surface area (Å²) >= 11 is 1.31. The maximum Gasteiger partial charge on any atom is 0.240 e. The van der Waals surface area contributed by atoms with Crippen molar-refractivity contribution in [2.75, 3.05) is 5.32 Å². The van der Waals surface area contributed by atoms with Crippen molar-refractivity contribution >= 4 is 28.3 Å². The number of carbonyl (C=O) groups excluding carboxylic acids is 2. The molecule has 0 radical (unpaired) electrons. The Morgan fingerprint density at radius 2 is 2.05 bits per heavy atom. The fourth-order valence-corrected chi connectivity index (χ4v) is 2.45. The van der Waals surface area contributed by atoms with Crippen LogP contribution in [0.25, 0.3) is 11.3 Å². The number of amides is 2. The Morgan fingerprint density at radius 1 is 1.32 bits per heavy atom. The third-order valence-electron chi connectivity index (χ3n) is 2.78. The van der Waals surface area contributed by atoms with Crippen molar-refractivity contribution in [1.29, 1.82) is 5.26 Å². The highest BCUT2D eigenvalue weighted by Gasteiger charge is 2.07. The molecule has 7 heteroatoms. The minimum atomic E-state index is -0.367. The van der Waals surface area contributed by atoms with Crippen LogP contribution in [0.5, 0.6) is 0 Å². The van der Waals surface area contributed by atoms with Gasteiger partial charge in [0.15, 0.2) is 5.13 Å². The summed E-state index contributed by atoms with van der Waals surface area (Å²) in [5.74, 6) is -0.435. The van der Waals surface area contributed by atoms with Gasteiger partial charge in [0, 0.05) is 24.4 Å². The minimum Gasteiger partial charge on any atom is -0.352 e. The molecule has 1 heterocycles. The molecule has 0 bridgehead atoms. The zero-order chi connectivity index (χ0) is 15.9. The largest absolute Gasteiger partial charge is 0.352 e. The molecule has 6 nitrogen and oxygen atoms in total. The minimum absolute atomic E-state index is 0.0682. The lowest BCUT2D eigenvalue weighted by atomic mass is 10.1. The number of hydrogen-bond donors (Lipinski definition) is 2. The predicted octanol–water partition coefficient (Wildman–Crippen LogP) is 2.30. The number of rotatable bonds is 5. The molecule has 1 aromatic heterocycles. The zero-order valence-electron chi connectivity index (χ0n) is 11.9. The first-order valence-corrected chi connectivity index (χ1v) is 7.42. The Bertz CT molecular complexity index is 716. The maximum atomic E-state index is 11.3. The highest BCUT2D eigenvalue weighted by atomic mass is 32.1. The van der Waals surface area contributed by atoms with Crippen LogP contribution in [0.4, 0.5) is 5.13 Å². The van der Waals surface area contributed by atoms with E-state index in [9.17, 15) is 9.59 Å². The second kappa shape index (κ2) is 7.33. The van der Waals surface area contributed by atoms with Gasteiger partial charge in [-0.2, -0.15) is 5.26 Å². The Hall–Kier alpha value is -2.72. The van der Waals surface area contributed by atoms with Crippen LogP contribution >= 0.6 is 11.3 Å². The monoisotopic (exact) mass is 314 g/mol. The lowest BCUT2D eigenvalue weighted by Gasteiger charge is -2.03. The van der Waals surface area contributed by atoms with E-state index < -0.39 is 0 Å². The first-order valence-electron chi connectivity index (χ1n) is 6.54. The van der Waals surface area contributed by atoms with Crippen molar-refractivity contribution in [3.63, 3.8) is 0 Å².